The molecule has 2 aromatic rings. The first kappa shape index (κ1) is 16.2. The fourth-order valence-electron chi connectivity index (χ4n) is 2.01. The highest BCUT2D eigenvalue weighted by Crippen LogP contribution is 2.26. The van der Waals surface area contributed by atoms with Gasteiger partial charge < -0.3 is 14.8 Å². The molecule has 0 spiro atoms. The molecule has 0 aliphatic rings. The van der Waals surface area contributed by atoms with Crippen molar-refractivity contribution in [3.8, 4) is 11.5 Å². The molecule has 0 aromatic heterocycles. The molecule has 2 rings (SSSR count). The summed E-state index contributed by atoms with van der Waals surface area (Å²) in [7, 11) is 1.58. The van der Waals surface area contributed by atoms with Crippen molar-refractivity contribution in [3.63, 3.8) is 0 Å². The molecule has 0 atom stereocenters. The first-order chi connectivity index (χ1) is 10.7. The number of amides is 1. The molecule has 0 aliphatic heterocycles. The summed E-state index contributed by atoms with van der Waals surface area (Å²) in [6.45, 7) is 2.72. The number of rotatable bonds is 6. The zero-order valence-electron chi connectivity index (χ0n) is 12.6. The summed E-state index contributed by atoms with van der Waals surface area (Å²) in [4.78, 5) is 11.9. The van der Waals surface area contributed by atoms with E-state index in [2.05, 4.69) is 5.32 Å². The molecule has 0 heterocycles. The van der Waals surface area contributed by atoms with Gasteiger partial charge in [0.2, 0.25) is 0 Å². The molecule has 22 heavy (non-hydrogen) atoms. The number of nitrogens with one attached hydrogen (secondary N) is 1. The molecule has 1 N–H and O–H groups in total. The number of benzene rings is 2. The van der Waals surface area contributed by atoms with Gasteiger partial charge in [-0.2, -0.15) is 0 Å². The van der Waals surface area contributed by atoms with Gasteiger partial charge in [-0.05, 0) is 37.3 Å². The lowest BCUT2D eigenvalue weighted by molar-refractivity contribution is 0.0955. The normalized spacial score (nSPS) is 10.1. The van der Waals surface area contributed by atoms with Crippen LogP contribution in [0.2, 0.25) is 5.02 Å². The van der Waals surface area contributed by atoms with Crippen LogP contribution in [-0.2, 0) is 6.61 Å². The monoisotopic (exact) mass is 319 g/mol. The third kappa shape index (κ3) is 3.92. The molecular weight excluding hydrogens is 302 g/mol. The van der Waals surface area contributed by atoms with Crippen LogP contribution in [0.4, 0.5) is 0 Å². The minimum atomic E-state index is -0.121. The maximum absolute atomic E-state index is 11.9. The van der Waals surface area contributed by atoms with Crippen LogP contribution < -0.4 is 14.8 Å². The lowest BCUT2D eigenvalue weighted by Gasteiger charge is -2.12. The number of hydrogen-bond donors (Lipinski definition) is 1. The van der Waals surface area contributed by atoms with E-state index in [9.17, 15) is 4.79 Å². The molecular formula is C17H18ClNO3. The smallest absolute Gasteiger partial charge is 0.251 e. The highest BCUT2D eigenvalue weighted by molar-refractivity contribution is 6.32. The molecule has 0 saturated carbocycles. The Morgan fingerprint density at radius 2 is 1.95 bits per heavy atom. The van der Waals surface area contributed by atoms with Crippen molar-refractivity contribution in [1.82, 2.24) is 5.32 Å². The Hall–Kier alpha value is -2.20. The first-order valence-corrected chi connectivity index (χ1v) is 7.36. The molecule has 1 amide bonds. The molecule has 0 aliphatic carbocycles. The SMILES string of the molecule is CCNC(=O)c1ccc(OC)c(COc2ccccc2Cl)c1. The quantitative estimate of drug-likeness (QED) is 0.883. The van der Waals surface area contributed by atoms with Gasteiger partial charge in [0, 0.05) is 17.7 Å². The van der Waals surface area contributed by atoms with E-state index >= 15 is 0 Å². The van der Waals surface area contributed by atoms with E-state index in [-0.39, 0.29) is 12.5 Å². The topological polar surface area (TPSA) is 47.6 Å². The number of hydrogen-bond acceptors (Lipinski definition) is 3. The third-order valence-electron chi connectivity index (χ3n) is 3.10. The van der Waals surface area contributed by atoms with Crippen molar-refractivity contribution in [3.05, 3.63) is 58.6 Å². The zero-order valence-corrected chi connectivity index (χ0v) is 13.3. The standard InChI is InChI=1S/C17H18ClNO3/c1-3-19-17(20)12-8-9-15(21-2)13(10-12)11-22-16-7-5-4-6-14(16)18/h4-10H,3,11H2,1-2H3,(H,19,20). The number of methoxy groups -OCH3 is 1. The van der Waals surface area contributed by atoms with Crippen LogP contribution in [0.25, 0.3) is 0 Å². The summed E-state index contributed by atoms with van der Waals surface area (Å²) in [6.07, 6.45) is 0. The van der Waals surface area contributed by atoms with Crippen molar-refractivity contribution in [1.29, 1.82) is 0 Å². The van der Waals surface area contributed by atoms with Crippen molar-refractivity contribution in [2.75, 3.05) is 13.7 Å². The van der Waals surface area contributed by atoms with Gasteiger partial charge in [0.15, 0.2) is 0 Å². The van der Waals surface area contributed by atoms with Gasteiger partial charge in [-0.1, -0.05) is 23.7 Å². The molecule has 5 heteroatoms. The largest absolute Gasteiger partial charge is 0.496 e. The second-order valence-corrected chi connectivity index (χ2v) is 5.01. The average Bonchev–Trinajstić information content (AvgIpc) is 2.54. The molecule has 0 unspecified atom stereocenters. The lowest BCUT2D eigenvalue weighted by atomic mass is 10.1. The summed E-state index contributed by atoms with van der Waals surface area (Å²) in [5.74, 6) is 1.14. The van der Waals surface area contributed by atoms with E-state index < -0.39 is 0 Å². The van der Waals surface area contributed by atoms with E-state index in [1.165, 1.54) is 0 Å². The van der Waals surface area contributed by atoms with Crippen LogP contribution >= 0.6 is 11.6 Å². The second-order valence-electron chi connectivity index (χ2n) is 4.61. The predicted octanol–water partition coefficient (Wildman–Crippen LogP) is 3.68. The molecule has 116 valence electrons. The Kier molecular flexibility index (Phi) is 5.67. The zero-order chi connectivity index (χ0) is 15.9. The van der Waals surface area contributed by atoms with Crippen molar-refractivity contribution in [2.24, 2.45) is 0 Å². The number of carbonyl (C=O) groups excluding carboxylic acids is 1. The summed E-state index contributed by atoms with van der Waals surface area (Å²) in [5.41, 5.74) is 1.35. The fourth-order valence-corrected chi connectivity index (χ4v) is 2.20. The van der Waals surface area contributed by atoms with E-state index in [1.807, 2.05) is 19.1 Å². The minimum Gasteiger partial charge on any atom is -0.496 e. The average molecular weight is 320 g/mol. The summed E-state index contributed by atoms with van der Waals surface area (Å²) in [5, 5.41) is 3.31. The summed E-state index contributed by atoms with van der Waals surface area (Å²) < 4.78 is 11.0. The van der Waals surface area contributed by atoms with Crippen molar-refractivity contribution < 1.29 is 14.3 Å². The van der Waals surface area contributed by atoms with Crippen molar-refractivity contribution >= 4 is 17.5 Å². The number of para-hydroxylation sites is 1. The Balaban J connectivity index is 2.19. The van der Waals surface area contributed by atoms with E-state index in [0.717, 1.165) is 5.56 Å². The molecule has 4 nitrogen and oxygen atoms in total. The van der Waals surface area contributed by atoms with Crippen LogP contribution in [0.15, 0.2) is 42.5 Å². The molecule has 2 aromatic carbocycles. The van der Waals surface area contributed by atoms with Crippen LogP contribution in [0.1, 0.15) is 22.8 Å². The number of ether oxygens (including phenoxy) is 2. The Labute approximate surface area is 135 Å². The van der Waals surface area contributed by atoms with Crippen LogP contribution in [0.5, 0.6) is 11.5 Å². The number of halogens is 1. The second kappa shape index (κ2) is 7.71. The van der Waals surface area contributed by atoms with Crippen LogP contribution in [0.3, 0.4) is 0 Å². The van der Waals surface area contributed by atoms with Gasteiger partial charge in [-0.15, -0.1) is 0 Å². The summed E-state index contributed by atoms with van der Waals surface area (Å²) in [6, 6.07) is 12.5. The van der Waals surface area contributed by atoms with E-state index in [1.54, 1.807) is 37.4 Å². The molecule has 0 bridgehead atoms. The highest BCUT2D eigenvalue weighted by Gasteiger charge is 2.11. The first-order valence-electron chi connectivity index (χ1n) is 6.98. The third-order valence-corrected chi connectivity index (χ3v) is 3.41. The Morgan fingerprint density at radius 1 is 1.18 bits per heavy atom. The lowest BCUT2D eigenvalue weighted by Crippen LogP contribution is -2.22. The molecule has 0 saturated heterocycles. The fraction of sp³-hybridized carbons (Fsp3) is 0.235. The van der Waals surface area contributed by atoms with Gasteiger partial charge in [0.05, 0.1) is 12.1 Å². The highest BCUT2D eigenvalue weighted by atomic mass is 35.5. The van der Waals surface area contributed by atoms with Gasteiger partial charge in [-0.3, -0.25) is 4.79 Å². The van der Waals surface area contributed by atoms with Gasteiger partial charge in [0.1, 0.15) is 18.1 Å². The number of carbonyl (C=O) groups is 1. The van der Waals surface area contributed by atoms with Gasteiger partial charge in [-0.25, -0.2) is 0 Å². The van der Waals surface area contributed by atoms with Gasteiger partial charge in [0.25, 0.3) is 5.91 Å². The maximum atomic E-state index is 11.9. The van der Waals surface area contributed by atoms with Crippen LogP contribution in [0, 0.1) is 0 Å². The molecule has 0 fully saturated rings. The van der Waals surface area contributed by atoms with Gasteiger partial charge >= 0.3 is 0 Å². The van der Waals surface area contributed by atoms with Crippen LogP contribution in [-0.4, -0.2) is 19.6 Å². The van der Waals surface area contributed by atoms with E-state index in [4.69, 9.17) is 21.1 Å². The Bertz CT molecular complexity index is 658. The van der Waals surface area contributed by atoms with E-state index in [0.29, 0.717) is 28.6 Å². The van der Waals surface area contributed by atoms with Crippen molar-refractivity contribution in [2.45, 2.75) is 13.5 Å². The maximum Gasteiger partial charge on any atom is 0.251 e. The predicted molar refractivity (Wildman–Crippen MR) is 86.8 cm³/mol. The minimum absolute atomic E-state index is 0.121. The molecule has 0 radical (unpaired) electrons. The summed E-state index contributed by atoms with van der Waals surface area (Å²) >= 11 is 6.07. The Morgan fingerprint density at radius 3 is 2.64 bits per heavy atom.